The monoisotopic (exact) mass is 732 g/mol. The second-order valence-corrected chi connectivity index (χ2v) is 6.27. The summed E-state index contributed by atoms with van der Waals surface area (Å²) in [5.41, 5.74) is 0. The topological polar surface area (TPSA) is 222 Å². The smallest absolute Gasteiger partial charge is 0.550 e. The molecule has 0 N–H and O–H groups in total. The number of carbonyl (C=O) groups is 4. The normalized spacial score (nSPS) is 7.90. The molecule has 0 saturated heterocycles. The summed E-state index contributed by atoms with van der Waals surface area (Å²) in [7, 11) is 0. The number of nitrogens with zero attached hydrogens (tertiary/aromatic N) is 6. The van der Waals surface area contributed by atoms with Crippen molar-refractivity contribution in [2.24, 2.45) is 0 Å². The van der Waals surface area contributed by atoms with Crippen LogP contribution in [0, 0.1) is 0 Å². The van der Waals surface area contributed by atoms with Gasteiger partial charge in [0.1, 0.15) is 0 Å². The van der Waals surface area contributed by atoms with Crippen LogP contribution in [-0.2, 0) is 58.1 Å². The number of carboxylic acid groups (broad SMARTS) is 4. The standard InChI is InChI=1S/2C8H7N3.4C2H4O2.2Rh/c2*1-2-6-11(5-1)8-7-9-3-4-10-8;4*1-2(3)4;;/h2*1-7H;4*1H3,(H,3,4);;/q;;;;;;2*+2/p-4. The van der Waals surface area contributed by atoms with Crippen molar-refractivity contribution in [3.05, 3.63) is 86.2 Å². The van der Waals surface area contributed by atoms with Crippen molar-refractivity contribution in [1.82, 2.24) is 29.1 Å². The predicted molar refractivity (Wildman–Crippen MR) is 125 cm³/mol. The van der Waals surface area contributed by atoms with Crippen LogP contribution in [0.1, 0.15) is 27.7 Å². The van der Waals surface area contributed by atoms with Crippen LogP contribution in [0.3, 0.4) is 0 Å². The maximum absolute atomic E-state index is 8.89. The van der Waals surface area contributed by atoms with Crippen molar-refractivity contribution < 1.29 is 78.6 Å². The fourth-order valence-electron chi connectivity index (χ4n) is 1.82. The molecular weight excluding hydrogens is 706 g/mol. The van der Waals surface area contributed by atoms with Crippen LogP contribution >= 0.6 is 0 Å². The Morgan fingerprint density at radius 3 is 0.925 bits per heavy atom. The molecule has 4 aromatic rings. The zero-order chi connectivity index (χ0) is 29.3. The second-order valence-electron chi connectivity index (χ2n) is 6.27. The molecule has 0 spiro atoms. The minimum Gasteiger partial charge on any atom is -0.550 e. The Labute approximate surface area is 256 Å². The number of carboxylic acids is 4. The summed E-state index contributed by atoms with van der Waals surface area (Å²) in [5.74, 6) is -2.64. The van der Waals surface area contributed by atoms with Gasteiger partial charge in [-0.3, -0.25) is 9.97 Å². The summed E-state index contributed by atoms with van der Waals surface area (Å²) < 4.78 is 3.82. The van der Waals surface area contributed by atoms with Crippen LogP contribution in [-0.4, -0.2) is 52.9 Å². The Morgan fingerprint density at radius 2 is 0.750 bits per heavy atom. The quantitative estimate of drug-likeness (QED) is 0.196. The van der Waals surface area contributed by atoms with Gasteiger partial charge in [0.25, 0.3) is 0 Å². The number of rotatable bonds is 2. The fraction of sp³-hybridized carbons (Fsp3) is 0.167. The Balaban J connectivity index is -0.000000209. The summed E-state index contributed by atoms with van der Waals surface area (Å²) in [5, 5.41) is 35.6. The van der Waals surface area contributed by atoms with E-state index in [0.29, 0.717) is 0 Å². The van der Waals surface area contributed by atoms with Crippen LogP contribution in [0.5, 0.6) is 0 Å². The molecule has 0 aliphatic heterocycles. The van der Waals surface area contributed by atoms with Crippen LogP contribution in [0.15, 0.2) is 86.2 Å². The van der Waals surface area contributed by atoms with Gasteiger partial charge in [0.2, 0.25) is 0 Å². The molecule has 218 valence electrons. The van der Waals surface area contributed by atoms with Gasteiger partial charge in [-0.15, -0.1) is 0 Å². The summed E-state index contributed by atoms with van der Waals surface area (Å²) in [6, 6.07) is 7.81. The molecule has 2 radical (unpaired) electrons. The number of aliphatic carboxylic acids is 4. The Bertz CT molecular complexity index is 1030. The van der Waals surface area contributed by atoms with E-state index in [1.807, 2.05) is 58.2 Å². The molecule has 0 aromatic carbocycles. The zero-order valence-electron chi connectivity index (χ0n) is 21.7. The van der Waals surface area contributed by atoms with E-state index < -0.39 is 23.9 Å². The third kappa shape index (κ3) is 31.9. The summed E-state index contributed by atoms with van der Waals surface area (Å²) in [6.07, 6.45) is 17.9. The number of aromatic nitrogens is 6. The van der Waals surface area contributed by atoms with Crippen LogP contribution in [0.4, 0.5) is 0 Å². The maximum Gasteiger partial charge on any atom is 2.00 e. The number of carbonyl (C=O) groups excluding carboxylic acids is 4. The molecule has 16 heteroatoms. The predicted octanol–water partition coefficient (Wildman–Crippen LogP) is -2.45. The molecule has 4 rings (SSSR count). The minimum atomic E-state index is -1.08. The molecule has 0 fully saturated rings. The van der Waals surface area contributed by atoms with Gasteiger partial charge < -0.3 is 48.7 Å². The summed E-state index contributed by atoms with van der Waals surface area (Å²) in [4.78, 5) is 51.7. The van der Waals surface area contributed by atoms with Crippen LogP contribution < -0.4 is 20.4 Å². The third-order valence-corrected chi connectivity index (χ3v) is 2.84. The molecule has 0 unspecified atom stereocenters. The first-order chi connectivity index (χ1) is 17.9. The van der Waals surface area contributed by atoms with Gasteiger partial charge in [-0.05, 0) is 52.0 Å². The van der Waals surface area contributed by atoms with Gasteiger partial charge in [-0.25, -0.2) is 9.97 Å². The summed E-state index contributed by atoms with van der Waals surface area (Å²) in [6.45, 7) is 3.89. The number of hydrogen-bond donors (Lipinski definition) is 0. The first-order valence-corrected chi connectivity index (χ1v) is 10.4. The molecule has 14 nitrogen and oxygen atoms in total. The minimum absolute atomic E-state index is 0. The fourth-order valence-corrected chi connectivity index (χ4v) is 1.82. The van der Waals surface area contributed by atoms with Gasteiger partial charge in [0.05, 0.1) is 12.4 Å². The average molecular weight is 732 g/mol. The van der Waals surface area contributed by atoms with Gasteiger partial charge in [-0.2, -0.15) is 0 Å². The molecule has 0 aliphatic rings. The molecule has 0 bridgehead atoms. The third-order valence-electron chi connectivity index (χ3n) is 2.84. The SMILES string of the molecule is CC(=O)[O-].CC(=O)[O-].CC(=O)[O-].CC(=O)[O-].[Rh+2].[Rh+2].c1ccn(-c2cnccn2)c1.c1ccn(-c2cnccn2)c1. The van der Waals surface area contributed by atoms with E-state index in [-0.39, 0.29) is 39.0 Å². The van der Waals surface area contributed by atoms with E-state index >= 15 is 0 Å². The van der Waals surface area contributed by atoms with E-state index in [1.165, 1.54) is 0 Å². The van der Waals surface area contributed by atoms with Crippen molar-refractivity contribution in [2.45, 2.75) is 27.7 Å². The summed E-state index contributed by atoms with van der Waals surface area (Å²) >= 11 is 0. The van der Waals surface area contributed by atoms with Crippen molar-refractivity contribution in [3.8, 4) is 11.6 Å². The van der Waals surface area contributed by atoms with E-state index in [2.05, 4.69) is 19.9 Å². The molecule has 40 heavy (non-hydrogen) atoms. The van der Waals surface area contributed by atoms with Crippen molar-refractivity contribution in [3.63, 3.8) is 0 Å². The Hall–Kier alpha value is -4.15. The van der Waals surface area contributed by atoms with Crippen molar-refractivity contribution >= 4 is 23.9 Å². The second kappa shape index (κ2) is 27.9. The molecular formula is C24H26N6O8Rh2. The first kappa shape index (κ1) is 42.9. The Morgan fingerprint density at radius 1 is 0.525 bits per heavy atom. The molecule has 0 saturated carbocycles. The van der Waals surface area contributed by atoms with Crippen LogP contribution in [0.25, 0.3) is 11.6 Å². The van der Waals surface area contributed by atoms with E-state index in [1.54, 1.807) is 37.2 Å². The average Bonchev–Trinajstić information content (AvgIpc) is 3.54. The van der Waals surface area contributed by atoms with Gasteiger partial charge >= 0.3 is 39.0 Å². The molecule has 0 amide bonds. The van der Waals surface area contributed by atoms with Gasteiger partial charge in [0.15, 0.2) is 11.6 Å². The zero-order valence-corrected chi connectivity index (χ0v) is 25.0. The van der Waals surface area contributed by atoms with Gasteiger partial charge in [0, 0.05) is 73.5 Å². The van der Waals surface area contributed by atoms with Crippen molar-refractivity contribution in [2.75, 3.05) is 0 Å². The Kier molecular flexibility index (Phi) is 29.9. The number of hydrogen-bond acceptors (Lipinski definition) is 12. The molecule has 0 aliphatic carbocycles. The maximum atomic E-state index is 8.89. The molecule has 4 heterocycles. The molecule has 4 aromatic heterocycles. The van der Waals surface area contributed by atoms with E-state index in [9.17, 15) is 0 Å². The van der Waals surface area contributed by atoms with Crippen molar-refractivity contribution in [1.29, 1.82) is 0 Å². The van der Waals surface area contributed by atoms with E-state index in [4.69, 9.17) is 39.6 Å². The van der Waals surface area contributed by atoms with E-state index in [0.717, 1.165) is 39.3 Å². The molecule has 0 atom stereocenters. The van der Waals surface area contributed by atoms with Gasteiger partial charge in [-0.1, -0.05) is 0 Å². The van der Waals surface area contributed by atoms with Crippen LogP contribution in [0.2, 0.25) is 0 Å². The largest absolute Gasteiger partial charge is 2.00 e. The first-order valence-electron chi connectivity index (χ1n) is 10.4.